The number of carboxylic acids is 1. The molecule has 0 saturated carbocycles. The zero-order chi connectivity index (χ0) is 18.5. The second-order valence-electron chi connectivity index (χ2n) is 5.66. The number of benzene rings is 2. The van der Waals surface area contributed by atoms with Crippen molar-refractivity contribution in [3.63, 3.8) is 0 Å². The first kappa shape index (κ1) is 17.7. The summed E-state index contributed by atoms with van der Waals surface area (Å²) in [5.74, 6) is -0.891. The normalized spacial score (nSPS) is 10.3. The quantitative estimate of drug-likeness (QED) is 0.675. The number of aryl methyl sites for hydroxylation is 1. The molecule has 26 heavy (non-hydrogen) atoms. The summed E-state index contributed by atoms with van der Waals surface area (Å²) in [6.45, 7) is 1.56. The van der Waals surface area contributed by atoms with Gasteiger partial charge in [-0.05, 0) is 41.1 Å². The molecule has 0 aliphatic carbocycles. The van der Waals surface area contributed by atoms with Crippen molar-refractivity contribution in [1.29, 1.82) is 0 Å². The van der Waals surface area contributed by atoms with Gasteiger partial charge in [0.15, 0.2) is 6.61 Å². The average Bonchev–Trinajstić information content (AvgIpc) is 3.02. The highest BCUT2D eigenvalue weighted by atomic mass is 32.1. The van der Waals surface area contributed by atoms with E-state index in [4.69, 9.17) is 9.84 Å². The summed E-state index contributed by atoms with van der Waals surface area (Å²) < 4.78 is 5.49. The van der Waals surface area contributed by atoms with Crippen molar-refractivity contribution in [3.05, 3.63) is 70.4 Å². The summed E-state index contributed by atoms with van der Waals surface area (Å²) in [5, 5.41) is 13.5. The number of carboxylic acid groups (broad SMARTS) is 1. The van der Waals surface area contributed by atoms with E-state index in [2.05, 4.69) is 5.32 Å². The number of nitrogens with one attached hydrogen (secondary N) is 1. The van der Waals surface area contributed by atoms with Gasteiger partial charge < -0.3 is 15.2 Å². The minimum Gasteiger partial charge on any atom is -0.484 e. The lowest BCUT2D eigenvalue weighted by atomic mass is 10.1. The van der Waals surface area contributed by atoms with Gasteiger partial charge in [0.05, 0.1) is 5.69 Å². The van der Waals surface area contributed by atoms with Gasteiger partial charge in [-0.25, -0.2) is 4.79 Å². The summed E-state index contributed by atoms with van der Waals surface area (Å²) >= 11 is 1.09. The molecule has 3 aromatic rings. The Morgan fingerprint density at radius 3 is 2.35 bits per heavy atom. The van der Waals surface area contributed by atoms with Gasteiger partial charge in [-0.3, -0.25) is 4.79 Å². The molecule has 6 heteroatoms. The molecule has 0 fully saturated rings. The minimum atomic E-state index is -1.06. The number of thiophene rings is 1. The predicted octanol–water partition coefficient (Wildman–Crippen LogP) is 4.44. The predicted molar refractivity (Wildman–Crippen MR) is 102 cm³/mol. The van der Waals surface area contributed by atoms with Crippen LogP contribution in [-0.4, -0.2) is 23.6 Å². The Balaban J connectivity index is 1.60. The van der Waals surface area contributed by atoms with Crippen LogP contribution in [0, 0.1) is 6.92 Å². The lowest BCUT2D eigenvalue weighted by molar-refractivity contribution is -0.118. The molecule has 0 bridgehead atoms. The third-order valence-corrected chi connectivity index (χ3v) is 4.85. The topological polar surface area (TPSA) is 75.6 Å². The van der Waals surface area contributed by atoms with Crippen LogP contribution in [0.1, 0.15) is 15.2 Å². The monoisotopic (exact) mass is 367 g/mol. The Bertz CT molecular complexity index is 917. The van der Waals surface area contributed by atoms with Gasteiger partial charge in [0.25, 0.3) is 5.91 Å². The molecule has 2 N–H and O–H groups in total. The molecule has 5 nitrogen and oxygen atoms in total. The summed E-state index contributed by atoms with van der Waals surface area (Å²) in [6.07, 6.45) is 0. The Hall–Kier alpha value is -3.12. The van der Waals surface area contributed by atoms with Crippen molar-refractivity contribution in [1.82, 2.24) is 0 Å². The van der Waals surface area contributed by atoms with Crippen molar-refractivity contribution in [2.45, 2.75) is 6.92 Å². The maximum Gasteiger partial charge on any atom is 0.348 e. The number of rotatable bonds is 6. The van der Waals surface area contributed by atoms with Crippen LogP contribution in [0.15, 0.2) is 60.0 Å². The zero-order valence-electron chi connectivity index (χ0n) is 14.1. The molecule has 0 aliphatic rings. The van der Waals surface area contributed by atoms with E-state index < -0.39 is 11.9 Å². The number of ether oxygens (including phenoxy) is 1. The van der Waals surface area contributed by atoms with Crippen LogP contribution in [-0.2, 0) is 4.79 Å². The molecule has 0 aliphatic heterocycles. The Labute approximate surface area is 154 Å². The number of anilines is 1. The van der Waals surface area contributed by atoms with Crippen molar-refractivity contribution >= 4 is 28.9 Å². The number of aromatic carboxylic acids is 1. The van der Waals surface area contributed by atoms with Gasteiger partial charge >= 0.3 is 5.97 Å². The Kier molecular flexibility index (Phi) is 5.34. The molecular formula is C20H17NO4S. The summed E-state index contributed by atoms with van der Waals surface area (Å²) in [7, 11) is 0. The van der Waals surface area contributed by atoms with Crippen LogP contribution in [0.4, 0.5) is 5.69 Å². The van der Waals surface area contributed by atoms with E-state index in [0.29, 0.717) is 17.0 Å². The molecule has 0 atom stereocenters. The highest BCUT2D eigenvalue weighted by Crippen LogP contribution is 2.27. The van der Waals surface area contributed by atoms with Crippen LogP contribution in [0.25, 0.3) is 11.1 Å². The van der Waals surface area contributed by atoms with E-state index >= 15 is 0 Å². The summed E-state index contributed by atoms with van der Waals surface area (Å²) in [5.41, 5.74) is 3.21. The van der Waals surface area contributed by atoms with Gasteiger partial charge in [0.2, 0.25) is 0 Å². The van der Waals surface area contributed by atoms with Crippen molar-refractivity contribution in [2.75, 3.05) is 11.9 Å². The maximum absolute atomic E-state index is 12.1. The van der Waals surface area contributed by atoms with E-state index in [9.17, 15) is 9.59 Å². The van der Waals surface area contributed by atoms with Gasteiger partial charge in [-0.15, -0.1) is 11.3 Å². The average molecular weight is 367 g/mol. The van der Waals surface area contributed by atoms with Crippen molar-refractivity contribution in [3.8, 4) is 16.9 Å². The molecule has 2 aromatic carbocycles. The van der Waals surface area contributed by atoms with Crippen LogP contribution in [0.5, 0.6) is 5.75 Å². The molecule has 1 heterocycles. The first-order chi connectivity index (χ1) is 12.5. The number of carbonyl (C=O) groups excluding carboxylic acids is 1. The zero-order valence-corrected chi connectivity index (χ0v) is 14.9. The first-order valence-corrected chi connectivity index (χ1v) is 8.82. The second kappa shape index (κ2) is 7.84. The van der Waals surface area contributed by atoms with E-state index in [1.807, 2.05) is 42.5 Å². The van der Waals surface area contributed by atoms with Crippen molar-refractivity contribution in [2.24, 2.45) is 0 Å². The van der Waals surface area contributed by atoms with Crippen molar-refractivity contribution < 1.29 is 19.4 Å². The molecule has 0 spiro atoms. The fourth-order valence-electron chi connectivity index (χ4n) is 2.46. The lowest BCUT2D eigenvalue weighted by Crippen LogP contribution is -2.21. The maximum atomic E-state index is 12.1. The molecule has 132 valence electrons. The van der Waals surface area contributed by atoms with Gasteiger partial charge in [0.1, 0.15) is 10.6 Å². The van der Waals surface area contributed by atoms with Crippen LogP contribution < -0.4 is 10.1 Å². The van der Waals surface area contributed by atoms with Gasteiger partial charge in [0, 0.05) is 0 Å². The Morgan fingerprint density at radius 1 is 1.04 bits per heavy atom. The highest BCUT2D eigenvalue weighted by molar-refractivity contribution is 7.12. The fraction of sp³-hybridized carbons (Fsp3) is 0.100. The van der Waals surface area contributed by atoms with Gasteiger partial charge in [-0.1, -0.05) is 42.5 Å². The van der Waals surface area contributed by atoms with Crippen LogP contribution in [0.2, 0.25) is 0 Å². The first-order valence-electron chi connectivity index (χ1n) is 7.94. The number of hydrogen-bond donors (Lipinski definition) is 2. The summed E-state index contributed by atoms with van der Waals surface area (Å²) in [6, 6.07) is 17.4. The Morgan fingerprint density at radius 2 is 1.69 bits per heavy atom. The molecule has 0 saturated heterocycles. The standard InChI is InChI=1S/C20H17NO4S/c1-13-12-26-19(20(23)24)18(13)21-17(22)11-25-16-9-7-15(8-10-16)14-5-3-2-4-6-14/h2-10,12H,11H2,1H3,(H,21,22)(H,23,24). The number of hydrogen-bond acceptors (Lipinski definition) is 4. The number of carbonyl (C=O) groups is 2. The third kappa shape index (κ3) is 4.10. The van der Waals surface area contributed by atoms with Crippen LogP contribution >= 0.6 is 11.3 Å². The molecule has 1 aromatic heterocycles. The molecule has 0 unspecified atom stereocenters. The third-order valence-electron chi connectivity index (χ3n) is 3.76. The number of amides is 1. The summed E-state index contributed by atoms with van der Waals surface area (Å²) in [4.78, 5) is 23.4. The van der Waals surface area contributed by atoms with Gasteiger partial charge in [-0.2, -0.15) is 0 Å². The molecule has 0 radical (unpaired) electrons. The van der Waals surface area contributed by atoms with E-state index in [-0.39, 0.29) is 11.5 Å². The fourth-order valence-corrected chi connectivity index (χ4v) is 3.30. The molecular weight excluding hydrogens is 350 g/mol. The van der Waals surface area contributed by atoms with E-state index in [1.165, 1.54) is 0 Å². The smallest absolute Gasteiger partial charge is 0.348 e. The molecule has 3 rings (SSSR count). The minimum absolute atomic E-state index is 0.114. The largest absolute Gasteiger partial charge is 0.484 e. The lowest BCUT2D eigenvalue weighted by Gasteiger charge is -2.09. The second-order valence-corrected chi connectivity index (χ2v) is 6.53. The highest BCUT2D eigenvalue weighted by Gasteiger charge is 2.17. The SMILES string of the molecule is Cc1csc(C(=O)O)c1NC(=O)COc1ccc(-c2ccccc2)cc1. The van der Waals surface area contributed by atoms with E-state index in [0.717, 1.165) is 22.5 Å². The van der Waals surface area contributed by atoms with Crippen LogP contribution in [0.3, 0.4) is 0 Å². The van der Waals surface area contributed by atoms with E-state index in [1.54, 1.807) is 24.4 Å². The molecule has 1 amide bonds.